The first-order valence-corrected chi connectivity index (χ1v) is 6.18. The molecule has 23 heavy (non-hydrogen) atoms. The molecule has 0 aromatic heterocycles. The van der Waals surface area contributed by atoms with E-state index in [1.54, 1.807) is 13.8 Å². The average Bonchev–Trinajstić information content (AvgIpc) is 2.34. The molecule has 0 spiro atoms. The van der Waals surface area contributed by atoms with Crippen LogP contribution < -0.4 is 4.24 Å². The third-order valence-electron chi connectivity index (χ3n) is 2.07. The zero-order valence-electron chi connectivity index (χ0n) is 12.4. The normalized spacial score (nSPS) is 12.0. The molecule has 0 bridgehead atoms. The Morgan fingerprint density at radius 3 is 1.57 bits per heavy atom. The maximum atomic E-state index is 12.2. The molecule has 0 saturated heterocycles. The number of rotatable bonds is 3. The molecule has 0 aliphatic rings. The van der Waals surface area contributed by atoms with Gasteiger partial charge in [0.25, 0.3) is 0 Å². The summed E-state index contributed by atoms with van der Waals surface area (Å²) >= 11 is 1.18. The van der Waals surface area contributed by atoms with Gasteiger partial charge in [-0.1, -0.05) is 0 Å². The fraction of sp³-hybridized carbons (Fsp3) is 0.455. The number of hydrogen-bond donors (Lipinski definition) is 2. The third kappa shape index (κ3) is 9.91. The summed E-state index contributed by atoms with van der Waals surface area (Å²) in [6.45, 7) is 3.42. The van der Waals surface area contributed by atoms with Crippen molar-refractivity contribution in [2.75, 3.05) is 0 Å². The molecular weight excluding hydrogens is 328 g/mol. The Labute approximate surface area is 137 Å². The van der Waals surface area contributed by atoms with E-state index in [4.69, 9.17) is 10.0 Å². The van der Waals surface area contributed by atoms with Crippen LogP contribution in [-0.4, -0.2) is 41.2 Å². The van der Waals surface area contributed by atoms with E-state index >= 15 is 0 Å². The summed E-state index contributed by atoms with van der Waals surface area (Å²) in [5.41, 5.74) is -2.57. The summed E-state index contributed by atoms with van der Waals surface area (Å²) in [5, 5.41) is 16.0. The topological polar surface area (TPSA) is 58.9 Å². The van der Waals surface area contributed by atoms with Gasteiger partial charge in [0.15, 0.2) is 0 Å². The van der Waals surface area contributed by atoms with Crippen LogP contribution in [0.15, 0.2) is 18.2 Å². The first-order valence-electron chi connectivity index (χ1n) is 6.18. The maximum absolute atomic E-state index is 12.2. The standard InChI is InChI=1S/C8H3F6.C3H9BO4.Li/c9-7(10,11)5-2-1-3-6(4-5)8(12,13)14;1-3(2)7-8-4(5)6;/h2-4H;3,5-6H,1-2H3;. The molecule has 1 rings (SSSR count). The molecule has 126 valence electrons. The Morgan fingerprint density at radius 2 is 1.35 bits per heavy atom. The van der Waals surface area contributed by atoms with Crippen molar-refractivity contribution in [2.45, 2.75) is 32.3 Å². The predicted octanol–water partition coefficient (Wildman–Crippen LogP) is 1.83. The summed E-state index contributed by atoms with van der Waals surface area (Å²) in [4.78, 5) is 8.22. The monoisotopic (exact) mass is 340 g/mol. The van der Waals surface area contributed by atoms with Gasteiger partial charge in [0.1, 0.15) is 0 Å². The van der Waals surface area contributed by atoms with Gasteiger partial charge in [-0.15, -0.1) is 0 Å². The molecule has 0 radical (unpaired) electrons. The SMILES string of the molecule is CC(C)OOB(O)O.[Li][c]1cc(C(F)(F)F)cc(C(F)(F)F)c1. The van der Waals surface area contributed by atoms with E-state index in [1.807, 2.05) is 0 Å². The first-order chi connectivity index (χ1) is 10.2. The van der Waals surface area contributed by atoms with Crippen molar-refractivity contribution in [2.24, 2.45) is 0 Å². The van der Waals surface area contributed by atoms with Crippen molar-refractivity contribution < 1.29 is 46.1 Å². The predicted molar refractivity (Wildman–Crippen MR) is 69.3 cm³/mol. The van der Waals surface area contributed by atoms with Gasteiger partial charge in [-0.2, -0.15) is 0 Å². The van der Waals surface area contributed by atoms with Crippen LogP contribution in [0.4, 0.5) is 26.3 Å². The Morgan fingerprint density at radius 1 is 0.957 bits per heavy atom. The average molecular weight is 340 g/mol. The second-order valence-electron chi connectivity index (χ2n) is 4.65. The van der Waals surface area contributed by atoms with Crippen LogP contribution in [0.3, 0.4) is 0 Å². The molecule has 1 aromatic carbocycles. The summed E-state index contributed by atoms with van der Waals surface area (Å²) in [5.74, 6) is 0. The zero-order valence-corrected chi connectivity index (χ0v) is 12.4. The number of benzene rings is 1. The second-order valence-corrected chi connectivity index (χ2v) is 4.65. The van der Waals surface area contributed by atoms with E-state index in [1.165, 1.54) is 17.7 Å². The molecule has 0 aliphatic heterocycles. The van der Waals surface area contributed by atoms with Crippen LogP contribution in [0.25, 0.3) is 0 Å². The van der Waals surface area contributed by atoms with E-state index in [2.05, 4.69) is 9.69 Å². The molecule has 1 aromatic rings. The zero-order chi connectivity index (χ0) is 18.4. The molecule has 4 nitrogen and oxygen atoms in total. The van der Waals surface area contributed by atoms with Gasteiger partial charge in [-0.05, 0) is 13.8 Å². The Bertz CT molecular complexity index is 452. The quantitative estimate of drug-likeness (QED) is 0.382. The molecule has 0 fully saturated rings. The van der Waals surface area contributed by atoms with Crippen molar-refractivity contribution in [1.29, 1.82) is 0 Å². The van der Waals surface area contributed by atoms with Crippen molar-refractivity contribution in [3.63, 3.8) is 0 Å². The van der Waals surface area contributed by atoms with Gasteiger partial charge in [-0.25, -0.2) is 9.69 Å². The van der Waals surface area contributed by atoms with Gasteiger partial charge < -0.3 is 10.0 Å². The van der Waals surface area contributed by atoms with E-state index in [-0.39, 0.29) is 16.4 Å². The van der Waals surface area contributed by atoms with Crippen molar-refractivity contribution >= 4 is 29.3 Å². The minimum absolute atomic E-state index is 0.0721. The number of hydrogen-bond acceptors (Lipinski definition) is 4. The van der Waals surface area contributed by atoms with Crippen LogP contribution in [-0.2, 0) is 22.0 Å². The summed E-state index contributed by atoms with van der Waals surface area (Å²) in [6, 6.07) is 1.46. The molecular formula is C11H12BF6LiO4. The van der Waals surface area contributed by atoms with E-state index in [0.29, 0.717) is 12.1 Å². The summed E-state index contributed by atoms with van der Waals surface area (Å²) in [6.07, 6.45) is -9.67. The van der Waals surface area contributed by atoms with Gasteiger partial charge in [0.2, 0.25) is 0 Å². The van der Waals surface area contributed by atoms with E-state index < -0.39 is 30.8 Å². The van der Waals surface area contributed by atoms with Crippen LogP contribution in [0.1, 0.15) is 25.0 Å². The van der Waals surface area contributed by atoms with Gasteiger partial charge in [-0.3, -0.25) is 0 Å². The summed E-state index contributed by atoms with van der Waals surface area (Å²) in [7, 11) is -1.84. The molecule has 0 atom stereocenters. The molecule has 2 N–H and O–H groups in total. The minimum atomic E-state index is -4.76. The fourth-order valence-electron chi connectivity index (χ4n) is 1.27. The molecule has 0 saturated carbocycles. The summed E-state index contributed by atoms with van der Waals surface area (Å²) < 4.78 is 72.9. The first kappa shape index (κ1) is 22.3. The molecule has 0 heterocycles. The molecule has 0 unspecified atom stereocenters. The molecule has 12 heteroatoms. The van der Waals surface area contributed by atoms with Crippen molar-refractivity contribution in [1.82, 2.24) is 0 Å². The van der Waals surface area contributed by atoms with Gasteiger partial charge in [0.05, 0.1) is 6.10 Å². The van der Waals surface area contributed by atoms with E-state index in [0.717, 1.165) is 0 Å². The van der Waals surface area contributed by atoms with Crippen molar-refractivity contribution in [3.8, 4) is 0 Å². The Kier molecular flexibility index (Phi) is 8.69. The van der Waals surface area contributed by atoms with Crippen LogP contribution >= 0.6 is 0 Å². The van der Waals surface area contributed by atoms with Crippen molar-refractivity contribution in [3.05, 3.63) is 29.3 Å². The Hall–Kier alpha value is -0.698. The second kappa shape index (κ2) is 8.96. The third-order valence-corrected chi connectivity index (χ3v) is 2.07. The van der Waals surface area contributed by atoms with E-state index in [9.17, 15) is 26.3 Å². The number of halogens is 6. The van der Waals surface area contributed by atoms with Crippen LogP contribution in [0, 0.1) is 0 Å². The van der Waals surface area contributed by atoms with Crippen LogP contribution in [0.5, 0.6) is 0 Å². The van der Waals surface area contributed by atoms with Gasteiger partial charge >= 0.3 is 97.3 Å². The molecule has 0 aliphatic carbocycles. The number of alkyl halides is 6. The van der Waals surface area contributed by atoms with Crippen LogP contribution in [0.2, 0.25) is 0 Å². The molecule has 0 amide bonds. The van der Waals surface area contributed by atoms with Gasteiger partial charge in [0, 0.05) is 0 Å². The Balaban J connectivity index is 0.000000515. The fourth-order valence-corrected chi connectivity index (χ4v) is 1.27.